The fourth-order valence-electron chi connectivity index (χ4n) is 5.01. The number of aliphatic carboxylic acids is 1. The minimum Gasteiger partial charge on any atom is -0.497 e. The first kappa shape index (κ1) is 27.6. The molecule has 4 rings (SSSR count). The summed E-state index contributed by atoms with van der Waals surface area (Å²) in [5.74, 6) is -1.25. The van der Waals surface area contributed by atoms with Crippen LogP contribution in [0.1, 0.15) is 30.9 Å². The topological polar surface area (TPSA) is 88.7 Å². The van der Waals surface area contributed by atoms with Crippen LogP contribution in [0.2, 0.25) is 5.02 Å². The van der Waals surface area contributed by atoms with E-state index in [4.69, 9.17) is 22.1 Å². The molecule has 1 fully saturated rings. The number of fused-ring (bicyclic) bond motifs is 1. The quantitative estimate of drug-likeness (QED) is 0.310. The second-order valence-electron chi connectivity index (χ2n) is 9.33. The van der Waals surface area contributed by atoms with Gasteiger partial charge in [-0.1, -0.05) is 11.6 Å². The lowest BCUT2D eigenvalue weighted by Gasteiger charge is -2.37. The van der Waals surface area contributed by atoms with Crippen molar-refractivity contribution in [1.82, 2.24) is 9.88 Å². The van der Waals surface area contributed by atoms with Crippen molar-refractivity contribution in [2.24, 2.45) is 17.6 Å². The van der Waals surface area contributed by atoms with Crippen molar-refractivity contribution in [1.29, 1.82) is 0 Å². The third kappa shape index (κ3) is 6.90. The van der Waals surface area contributed by atoms with Crippen LogP contribution in [0.15, 0.2) is 47.5 Å². The van der Waals surface area contributed by atoms with Gasteiger partial charge in [-0.15, -0.1) is 11.8 Å². The molecule has 3 unspecified atom stereocenters. The molecule has 3 N–H and O–H groups in total. The molecule has 0 amide bonds. The minimum absolute atomic E-state index is 0.00817. The smallest absolute Gasteiger partial charge is 0.308 e. The predicted molar refractivity (Wildman–Crippen MR) is 142 cm³/mol. The zero-order chi connectivity index (χ0) is 26.5. The average Bonchev–Trinajstić information content (AvgIpc) is 2.86. The molecular formula is C27H30ClF2N3O3S. The number of pyridine rings is 1. The highest BCUT2D eigenvalue weighted by atomic mass is 35.5. The lowest BCUT2D eigenvalue weighted by atomic mass is 9.81. The molecule has 2 aromatic carbocycles. The van der Waals surface area contributed by atoms with E-state index in [1.165, 1.54) is 23.9 Å². The standard InChI is InChI=1S/C27H30ClF2N3O3S/c1-36-19-3-5-25-21(13-19)26(23(28)14-32-25)24(31)4-2-16-6-7-33(15-22(16)27(34)35)8-9-37-20-11-17(29)10-18(30)12-20/h3,5,10-14,16,22,24H,2,4,6-9,15,31H2,1H3,(H,34,35). The maximum Gasteiger partial charge on any atom is 0.308 e. The summed E-state index contributed by atoms with van der Waals surface area (Å²) in [6.45, 7) is 1.83. The maximum atomic E-state index is 13.4. The van der Waals surface area contributed by atoms with Crippen LogP contribution in [0.3, 0.4) is 0 Å². The number of nitrogens with zero attached hydrogens (tertiary/aromatic N) is 2. The molecule has 1 saturated heterocycles. The molecule has 6 nitrogen and oxygen atoms in total. The highest BCUT2D eigenvalue weighted by Gasteiger charge is 2.34. The molecule has 198 valence electrons. The lowest BCUT2D eigenvalue weighted by Crippen LogP contribution is -2.44. The number of aromatic nitrogens is 1. The molecule has 1 aliphatic heterocycles. The zero-order valence-corrected chi connectivity index (χ0v) is 22.1. The number of carboxylic acid groups (broad SMARTS) is 1. The van der Waals surface area contributed by atoms with Gasteiger partial charge < -0.3 is 20.5 Å². The Morgan fingerprint density at radius 1 is 1.30 bits per heavy atom. The Labute approximate surface area is 224 Å². The summed E-state index contributed by atoms with van der Waals surface area (Å²) in [5.41, 5.74) is 8.16. The molecule has 37 heavy (non-hydrogen) atoms. The summed E-state index contributed by atoms with van der Waals surface area (Å²) >= 11 is 7.85. The Morgan fingerprint density at radius 3 is 2.76 bits per heavy atom. The van der Waals surface area contributed by atoms with Crippen molar-refractivity contribution in [3.05, 3.63) is 64.8 Å². The highest BCUT2D eigenvalue weighted by molar-refractivity contribution is 7.99. The minimum atomic E-state index is -0.819. The van der Waals surface area contributed by atoms with Crippen LogP contribution in [0, 0.1) is 23.5 Å². The average molecular weight is 550 g/mol. The number of hydrogen-bond acceptors (Lipinski definition) is 6. The van der Waals surface area contributed by atoms with Crippen LogP contribution in [0.5, 0.6) is 5.75 Å². The number of ether oxygens (including phenoxy) is 1. The molecule has 0 radical (unpaired) electrons. The number of carbonyl (C=O) groups is 1. The highest BCUT2D eigenvalue weighted by Crippen LogP contribution is 2.36. The van der Waals surface area contributed by atoms with E-state index in [9.17, 15) is 18.7 Å². The molecule has 3 atom stereocenters. The fourth-order valence-corrected chi connectivity index (χ4v) is 6.28. The van der Waals surface area contributed by atoms with Crippen LogP contribution < -0.4 is 10.5 Å². The van der Waals surface area contributed by atoms with Crippen molar-refractivity contribution in [3.63, 3.8) is 0 Å². The Bertz CT molecular complexity index is 1240. The van der Waals surface area contributed by atoms with E-state index < -0.39 is 23.5 Å². The van der Waals surface area contributed by atoms with Crippen LogP contribution in [0.4, 0.5) is 8.78 Å². The normalized spacial score (nSPS) is 19.2. The number of thioether (sulfide) groups is 1. The van der Waals surface area contributed by atoms with Gasteiger partial charge in [0.2, 0.25) is 0 Å². The van der Waals surface area contributed by atoms with Gasteiger partial charge in [0.1, 0.15) is 17.4 Å². The van der Waals surface area contributed by atoms with E-state index >= 15 is 0 Å². The number of methoxy groups -OCH3 is 1. The van der Waals surface area contributed by atoms with Crippen molar-refractivity contribution in [2.75, 3.05) is 32.5 Å². The van der Waals surface area contributed by atoms with Gasteiger partial charge in [-0.25, -0.2) is 8.78 Å². The third-order valence-electron chi connectivity index (χ3n) is 6.96. The Balaban J connectivity index is 1.36. The van der Waals surface area contributed by atoms with Gasteiger partial charge in [-0.05, 0) is 67.6 Å². The van der Waals surface area contributed by atoms with Gasteiger partial charge >= 0.3 is 5.97 Å². The van der Waals surface area contributed by atoms with Crippen molar-refractivity contribution < 1.29 is 23.4 Å². The van der Waals surface area contributed by atoms with E-state index in [1.807, 2.05) is 18.2 Å². The summed E-state index contributed by atoms with van der Waals surface area (Å²) in [4.78, 5) is 19.1. The van der Waals surface area contributed by atoms with E-state index in [-0.39, 0.29) is 12.0 Å². The molecule has 3 aromatic rings. The number of piperidine rings is 1. The summed E-state index contributed by atoms with van der Waals surface area (Å²) in [5, 5.41) is 11.2. The first-order valence-electron chi connectivity index (χ1n) is 12.2. The van der Waals surface area contributed by atoms with Crippen molar-refractivity contribution in [3.8, 4) is 5.75 Å². The van der Waals surface area contributed by atoms with Crippen LogP contribution in [-0.2, 0) is 4.79 Å². The third-order valence-corrected chi connectivity index (χ3v) is 8.21. The van der Waals surface area contributed by atoms with Gasteiger partial charge in [-0.3, -0.25) is 9.78 Å². The second-order valence-corrected chi connectivity index (χ2v) is 10.9. The number of halogens is 3. The van der Waals surface area contributed by atoms with Gasteiger partial charge in [0, 0.05) is 47.4 Å². The van der Waals surface area contributed by atoms with E-state index in [0.717, 1.165) is 35.5 Å². The van der Waals surface area contributed by atoms with E-state index in [1.54, 1.807) is 13.3 Å². The molecule has 0 spiro atoms. The van der Waals surface area contributed by atoms with Gasteiger partial charge in [-0.2, -0.15) is 0 Å². The molecule has 0 saturated carbocycles. The maximum absolute atomic E-state index is 13.4. The van der Waals surface area contributed by atoms with Gasteiger partial charge in [0.15, 0.2) is 0 Å². The number of rotatable bonds is 10. The Hall–Kier alpha value is -2.46. The fraction of sp³-hybridized carbons (Fsp3) is 0.407. The first-order valence-corrected chi connectivity index (χ1v) is 13.5. The molecule has 0 bridgehead atoms. The largest absolute Gasteiger partial charge is 0.497 e. The molecule has 2 heterocycles. The molecule has 1 aromatic heterocycles. The van der Waals surface area contributed by atoms with Gasteiger partial charge in [0.25, 0.3) is 0 Å². The van der Waals surface area contributed by atoms with E-state index in [2.05, 4.69) is 9.88 Å². The summed E-state index contributed by atoms with van der Waals surface area (Å²) < 4.78 is 32.2. The molecule has 1 aliphatic rings. The van der Waals surface area contributed by atoms with E-state index in [0.29, 0.717) is 47.4 Å². The number of likely N-dealkylation sites (tertiary alicyclic amines) is 1. The second kappa shape index (κ2) is 12.4. The van der Waals surface area contributed by atoms with Gasteiger partial charge in [0.05, 0.1) is 23.6 Å². The van der Waals surface area contributed by atoms with Crippen LogP contribution >= 0.6 is 23.4 Å². The molecule has 10 heteroatoms. The van der Waals surface area contributed by atoms with Crippen molar-refractivity contribution >= 4 is 40.2 Å². The van der Waals surface area contributed by atoms with Crippen LogP contribution in [0.25, 0.3) is 10.9 Å². The van der Waals surface area contributed by atoms with Crippen molar-refractivity contribution in [2.45, 2.75) is 30.2 Å². The number of benzene rings is 2. The molecular weight excluding hydrogens is 520 g/mol. The zero-order valence-electron chi connectivity index (χ0n) is 20.5. The Kier molecular flexibility index (Phi) is 9.23. The Morgan fingerprint density at radius 2 is 2.05 bits per heavy atom. The SMILES string of the molecule is COc1ccc2ncc(Cl)c(C(N)CCC3CCN(CCSc4cc(F)cc(F)c4)CC3C(=O)O)c2c1. The lowest BCUT2D eigenvalue weighted by molar-refractivity contribution is -0.146. The molecule has 0 aliphatic carbocycles. The summed E-state index contributed by atoms with van der Waals surface area (Å²) in [6.07, 6.45) is 3.58. The number of nitrogens with two attached hydrogens (primary N) is 1. The predicted octanol–water partition coefficient (Wildman–Crippen LogP) is 5.77. The summed E-state index contributed by atoms with van der Waals surface area (Å²) in [7, 11) is 1.59. The number of carboxylic acids is 1. The number of hydrogen-bond donors (Lipinski definition) is 2. The summed E-state index contributed by atoms with van der Waals surface area (Å²) in [6, 6.07) is 8.65. The van der Waals surface area contributed by atoms with Crippen LogP contribution in [-0.4, -0.2) is 53.5 Å². The monoisotopic (exact) mass is 549 g/mol. The first-order chi connectivity index (χ1) is 17.7.